The number of pyridine rings is 1. The van der Waals surface area contributed by atoms with Crippen LogP contribution in [0.15, 0.2) is 24.5 Å². The van der Waals surface area contributed by atoms with Gasteiger partial charge in [-0.15, -0.1) is 0 Å². The Morgan fingerprint density at radius 2 is 1.90 bits per heavy atom. The van der Waals surface area contributed by atoms with Gasteiger partial charge >= 0.3 is 0 Å². The molecule has 0 spiro atoms. The summed E-state index contributed by atoms with van der Waals surface area (Å²) in [6.45, 7) is 10.3. The fourth-order valence-corrected chi connectivity index (χ4v) is 2.62. The standard InChI is InChI=1S/C16H24N4/c1-5-17-15(11-16-18-7-8-20(16)6-2)14-9-12(3)19-13(4)10-14/h7-10,15,17H,5-6,11H2,1-4H3. The van der Waals surface area contributed by atoms with E-state index in [4.69, 9.17) is 0 Å². The molecule has 0 bridgehead atoms. The van der Waals surface area contributed by atoms with Crippen molar-refractivity contribution in [3.05, 3.63) is 47.3 Å². The molecule has 0 aromatic carbocycles. The van der Waals surface area contributed by atoms with E-state index in [1.165, 1.54) is 5.56 Å². The van der Waals surface area contributed by atoms with Crippen LogP contribution < -0.4 is 5.32 Å². The molecule has 2 heterocycles. The highest BCUT2D eigenvalue weighted by molar-refractivity contribution is 5.24. The molecule has 4 heteroatoms. The summed E-state index contributed by atoms with van der Waals surface area (Å²) in [5, 5.41) is 3.56. The van der Waals surface area contributed by atoms with Gasteiger partial charge in [0.2, 0.25) is 0 Å². The van der Waals surface area contributed by atoms with Crippen LogP contribution in [0.25, 0.3) is 0 Å². The van der Waals surface area contributed by atoms with Gasteiger partial charge in [0, 0.05) is 42.8 Å². The zero-order chi connectivity index (χ0) is 14.5. The summed E-state index contributed by atoms with van der Waals surface area (Å²) in [5.74, 6) is 1.13. The molecule has 0 saturated heterocycles. The van der Waals surface area contributed by atoms with E-state index >= 15 is 0 Å². The molecule has 0 saturated carbocycles. The van der Waals surface area contributed by atoms with Crippen LogP contribution in [0.3, 0.4) is 0 Å². The van der Waals surface area contributed by atoms with Crippen LogP contribution >= 0.6 is 0 Å². The molecular weight excluding hydrogens is 248 g/mol. The first kappa shape index (κ1) is 14.7. The minimum absolute atomic E-state index is 0.285. The smallest absolute Gasteiger partial charge is 0.110 e. The zero-order valence-electron chi connectivity index (χ0n) is 12.8. The molecule has 1 unspecified atom stereocenters. The second-order valence-corrected chi connectivity index (χ2v) is 5.13. The molecule has 0 aliphatic carbocycles. The van der Waals surface area contributed by atoms with Crippen molar-refractivity contribution in [1.29, 1.82) is 0 Å². The number of nitrogens with one attached hydrogen (secondary N) is 1. The van der Waals surface area contributed by atoms with Gasteiger partial charge in [-0.2, -0.15) is 0 Å². The average molecular weight is 272 g/mol. The first-order valence-electron chi connectivity index (χ1n) is 7.32. The maximum atomic E-state index is 4.49. The topological polar surface area (TPSA) is 42.7 Å². The van der Waals surface area contributed by atoms with E-state index in [9.17, 15) is 0 Å². The van der Waals surface area contributed by atoms with Crippen LogP contribution in [0.1, 0.15) is 42.7 Å². The Bertz CT molecular complexity index is 539. The third-order valence-electron chi connectivity index (χ3n) is 3.49. The predicted molar refractivity (Wildman–Crippen MR) is 81.7 cm³/mol. The van der Waals surface area contributed by atoms with E-state index < -0.39 is 0 Å². The SMILES string of the molecule is CCNC(Cc1nccn1CC)c1cc(C)nc(C)c1. The lowest BCUT2D eigenvalue weighted by Gasteiger charge is -2.19. The van der Waals surface area contributed by atoms with Crippen LogP contribution in [0.2, 0.25) is 0 Å². The number of hydrogen-bond donors (Lipinski definition) is 1. The van der Waals surface area contributed by atoms with Crippen molar-refractivity contribution in [3.63, 3.8) is 0 Å². The second-order valence-electron chi connectivity index (χ2n) is 5.13. The predicted octanol–water partition coefficient (Wildman–Crippen LogP) is 2.81. The number of hydrogen-bond acceptors (Lipinski definition) is 3. The summed E-state index contributed by atoms with van der Waals surface area (Å²) < 4.78 is 2.20. The van der Waals surface area contributed by atoms with Crippen LogP contribution in [0, 0.1) is 13.8 Å². The summed E-state index contributed by atoms with van der Waals surface area (Å²) in [6.07, 6.45) is 4.82. The molecular formula is C16H24N4. The Hall–Kier alpha value is -1.68. The number of rotatable bonds is 6. The van der Waals surface area contributed by atoms with Gasteiger partial charge in [-0.3, -0.25) is 4.98 Å². The van der Waals surface area contributed by atoms with Crippen molar-refractivity contribution >= 4 is 0 Å². The Labute approximate surface area is 121 Å². The number of likely N-dealkylation sites (N-methyl/N-ethyl adjacent to an activating group) is 1. The van der Waals surface area contributed by atoms with Crippen LogP contribution in [0.4, 0.5) is 0 Å². The normalized spacial score (nSPS) is 12.6. The van der Waals surface area contributed by atoms with E-state index in [1.54, 1.807) is 0 Å². The van der Waals surface area contributed by atoms with Crippen molar-refractivity contribution in [2.24, 2.45) is 0 Å². The molecule has 0 fully saturated rings. The van der Waals surface area contributed by atoms with E-state index in [2.05, 4.69) is 45.8 Å². The molecule has 0 amide bonds. The molecule has 108 valence electrons. The lowest BCUT2D eigenvalue weighted by molar-refractivity contribution is 0.521. The minimum Gasteiger partial charge on any atom is -0.335 e. The third-order valence-corrected chi connectivity index (χ3v) is 3.49. The van der Waals surface area contributed by atoms with Gasteiger partial charge in [0.15, 0.2) is 0 Å². The molecule has 2 rings (SSSR count). The second kappa shape index (κ2) is 6.66. The largest absolute Gasteiger partial charge is 0.335 e. The highest BCUT2D eigenvalue weighted by Crippen LogP contribution is 2.19. The fraction of sp³-hybridized carbons (Fsp3) is 0.500. The molecule has 2 aromatic heterocycles. The van der Waals surface area contributed by atoms with Gasteiger partial charge in [0.05, 0.1) is 0 Å². The van der Waals surface area contributed by atoms with E-state index in [0.717, 1.165) is 36.7 Å². The van der Waals surface area contributed by atoms with Crippen molar-refractivity contribution < 1.29 is 0 Å². The molecule has 0 radical (unpaired) electrons. The average Bonchev–Trinajstić information content (AvgIpc) is 2.84. The number of aromatic nitrogens is 3. The summed E-state index contributed by atoms with van der Waals surface area (Å²) in [6, 6.07) is 4.62. The first-order valence-corrected chi connectivity index (χ1v) is 7.32. The van der Waals surface area contributed by atoms with Crippen molar-refractivity contribution in [2.45, 2.75) is 46.7 Å². The van der Waals surface area contributed by atoms with Crippen molar-refractivity contribution in [2.75, 3.05) is 6.54 Å². The van der Waals surface area contributed by atoms with Gasteiger partial charge in [-0.1, -0.05) is 6.92 Å². The molecule has 20 heavy (non-hydrogen) atoms. The van der Waals surface area contributed by atoms with Crippen LogP contribution in [-0.2, 0) is 13.0 Å². The molecule has 0 aliphatic heterocycles. The Morgan fingerprint density at radius 1 is 1.20 bits per heavy atom. The number of imidazole rings is 1. The summed E-state index contributed by atoms with van der Waals surface area (Å²) in [4.78, 5) is 8.95. The van der Waals surface area contributed by atoms with Crippen molar-refractivity contribution in [1.82, 2.24) is 19.9 Å². The summed E-state index contributed by atoms with van der Waals surface area (Å²) in [7, 11) is 0. The zero-order valence-corrected chi connectivity index (χ0v) is 12.8. The third kappa shape index (κ3) is 3.45. The van der Waals surface area contributed by atoms with Gasteiger partial charge < -0.3 is 9.88 Å². The van der Waals surface area contributed by atoms with E-state index in [0.29, 0.717) is 0 Å². The lowest BCUT2D eigenvalue weighted by atomic mass is 10.0. The van der Waals surface area contributed by atoms with Gasteiger partial charge in [0.1, 0.15) is 5.82 Å². The van der Waals surface area contributed by atoms with E-state index in [1.807, 2.05) is 26.2 Å². The summed E-state index contributed by atoms with van der Waals surface area (Å²) >= 11 is 0. The Kier molecular flexibility index (Phi) is 4.90. The van der Waals surface area contributed by atoms with Crippen molar-refractivity contribution in [3.8, 4) is 0 Å². The Morgan fingerprint density at radius 3 is 2.50 bits per heavy atom. The molecule has 1 N–H and O–H groups in total. The monoisotopic (exact) mass is 272 g/mol. The molecule has 4 nitrogen and oxygen atoms in total. The molecule has 1 atom stereocenters. The van der Waals surface area contributed by atoms with E-state index in [-0.39, 0.29) is 6.04 Å². The number of nitrogens with zero attached hydrogens (tertiary/aromatic N) is 3. The van der Waals surface area contributed by atoms with Gasteiger partial charge in [0.25, 0.3) is 0 Å². The molecule has 0 aliphatic rings. The highest BCUT2D eigenvalue weighted by atomic mass is 15.1. The van der Waals surface area contributed by atoms with Crippen LogP contribution in [-0.4, -0.2) is 21.1 Å². The lowest BCUT2D eigenvalue weighted by Crippen LogP contribution is -2.24. The molecule has 2 aromatic rings. The maximum absolute atomic E-state index is 4.49. The maximum Gasteiger partial charge on any atom is 0.110 e. The number of aryl methyl sites for hydroxylation is 3. The van der Waals surface area contributed by atoms with Gasteiger partial charge in [-0.25, -0.2) is 4.98 Å². The Balaban J connectivity index is 2.26. The minimum atomic E-state index is 0.285. The quantitative estimate of drug-likeness (QED) is 0.879. The van der Waals surface area contributed by atoms with Crippen LogP contribution in [0.5, 0.6) is 0 Å². The first-order chi connectivity index (χ1) is 9.63. The van der Waals surface area contributed by atoms with Gasteiger partial charge in [-0.05, 0) is 45.0 Å². The highest BCUT2D eigenvalue weighted by Gasteiger charge is 2.15. The fourth-order valence-electron chi connectivity index (χ4n) is 2.62. The summed E-state index contributed by atoms with van der Waals surface area (Å²) in [5.41, 5.74) is 3.44.